The van der Waals surface area contributed by atoms with Gasteiger partial charge in [-0.15, -0.1) is 10.2 Å². The van der Waals surface area contributed by atoms with Crippen LogP contribution in [0.5, 0.6) is 0 Å². The van der Waals surface area contributed by atoms with Gasteiger partial charge in [-0.1, -0.05) is 11.3 Å². The van der Waals surface area contributed by atoms with Crippen LogP contribution in [0.2, 0.25) is 0 Å². The number of hydrogen-bond acceptors (Lipinski definition) is 7. The molecule has 2 aliphatic heterocycles. The number of aryl methyl sites for hydroxylation is 1. The third-order valence-corrected chi connectivity index (χ3v) is 6.94. The molecule has 3 aromatic rings. The fourth-order valence-corrected chi connectivity index (χ4v) is 5.37. The van der Waals surface area contributed by atoms with E-state index in [-0.39, 0.29) is 30.7 Å². The number of fused-ring (bicyclic) bond motifs is 3. The SMILES string of the molecule is Cc1nnc(-c2ccc3cnc(NC(=O)N4[C@@H]5CC[C@H]4C[C@@H](NCC(F)F)C5)cc3n2)s1. The number of hydrogen-bond donors (Lipinski definition) is 2. The van der Waals surface area contributed by atoms with Crippen molar-refractivity contribution in [1.29, 1.82) is 0 Å². The highest BCUT2D eigenvalue weighted by Gasteiger charge is 2.43. The minimum absolute atomic E-state index is 0.0240. The van der Waals surface area contributed by atoms with Crippen molar-refractivity contribution in [3.63, 3.8) is 0 Å². The van der Waals surface area contributed by atoms with Crippen LogP contribution in [-0.4, -0.2) is 62.2 Å². The molecule has 0 spiro atoms. The van der Waals surface area contributed by atoms with Crippen molar-refractivity contribution in [2.24, 2.45) is 0 Å². The highest BCUT2D eigenvalue weighted by Crippen LogP contribution is 2.36. The second kappa shape index (κ2) is 8.62. The molecule has 2 fully saturated rings. The molecule has 0 unspecified atom stereocenters. The summed E-state index contributed by atoms with van der Waals surface area (Å²) in [7, 11) is 0. The van der Waals surface area contributed by atoms with E-state index >= 15 is 0 Å². The first-order valence-electron chi connectivity index (χ1n) is 10.6. The standard InChI is InChI=1S/C21H23F2N7OS/c1-11-28-29-20(32-11)16-5-2-12-9-25-19(8-17(12)26-16)27-21(31)30-14-3-4-15(30)7-13(6-14)24-10-18(22)23/h2,5,8-9,13-15,18,24H,3-4,6-7,10H2,1H3,(H,25,27,31)/t13-,14+,15-. The zero-order chi connectivity index (χ0) is 22.2. The maximum atomic E-state index is 13.0. The van der Waals surface area contributed by atoms with Gasteiger partial charge < -0.3 is 10.2 Å². The molecule has 11 heteroatoms. The highest BCUT2D eigenvalue weighted by atomic mass is 32.1. The first kappa shape index (κ1) is 21.1. The first-order chi connectivity index (χ1) is 15.5. The molecule has 0 aliphatic carbocycles. The number of piperidine rings is 1. The lowest BCUT2D eigenvalue weighted by molar-refractivity contribution is 0.115. The summed E-state index contributed by atoms with van der Waals surface area (Å²) in [6, 6.07) is 5.48. The Hall–Kier alpha value is -2.79. The van der Waals surface area contributed by atoms with Crippen LogP contribution >= 0.6 is 11.3 Å². The third kappa shape index (κ3) is 4.26. The number of alkyl halides is 2. The topological polar surface area (TPSA) is 95.9 Å². The average molecular weight is 460 g/mol. The maximum absolute atomic E-state index is 13.0. The van der Waals surface area contributed by atoms with E-state index in [1.54, 1.807) is 12.3 Å². The molecule has 5 heterocycles. The summed E-state index contributed by atoms with van der Waals surface area (Å²) in [5.74, 6) is 0.429. The van der Waals surface area contributed by atoms with Gasteiger partial charge >= 0.3 is 6.03 Å². The van der Waals surface area contributed by atoms with Crippen molar-refractivity contribution >= 4 is 34.1 Å². The van der Waals surface area contributed by atoms with Crippen molar-refractivity contribution in [1.82, 2.24) is 30.4 Å². The number of anilines is 1. The quantitative estimate of drug-likeness (QED) is 0.602. The van der Waals surface area contributed by atoms with Crippen molar-refractivity contribution in [3.05, 3.63) is 29.4 Å². The normalized spacial score (nSPS) is 22.6. The van der Waals surface area contributed by atoms with Gasteiger partial charge in [0.05, 0.1) is 12.1 Å². The van der Waals surface area contributed by atoms with Crippen molar-refractivity contribution < 1.29 is 13.6 Å². The van der Waals surface area contributed by atoms with Crippen molar-refractivity contribution in [3.8, 4) is 10.7 Å². The summed E-state index contributed by atoms with van der Waals surface area (Å²) in [4.78, 5) is 23.9. The molecule has 2 N–H and O–H groups in total. The summed E-state index contributed by atoms with van der Waals surface area (Å²) in [6.45, 7) is 1.59. The minimum Gasteiger partial charge on any atom is -0.318 e. The Morgan fingerprint density at radius 2 is 2.03 bits per heavy atom. The van der Waals surface area contributed by atoms with E-state index in [2.05, 4.69) is 30.8 Å². The maximum Gasteiger partial charge on any atom is 0.323 e. The van der Waals surface area contributed by atoms with Crippen LogP contribution in [0.25, 0.3) is 21.6 Å². The monoisotopic (exact) mass is 459 g/mol. The van der Waals surface area contributed by atoms with Gasteiger partial charge in [-0.3, -0.25) is 5.32 Å². The summed E-state index contributed by atoms with van der Waals surface area (Å²) < 4.78 is 25.1. The lowest BCUT2D eigenvalue weighted by Crippen LogP contribution is -2.53. The van der Waals surface area contributed by atoms with Gasteiger partial charge in [-0.25, -0.2) is 23.5 Å². The lowest BCUT2D eigenvalue weighted by atomic mass is 9.97. The van der Waals surface area contributed by atoms with Crippen LogP contribution < -0.4 is 10.6 Å². The molecule has 2 aliphatic rings. The van der Waals surface area contributed by atoms with Gasteiger partial charge in [-0.05, 0) is 44.7 Å². The number of carbonyl (C=O) groups is 1. The fourth-order valence-electron chi connectivity index (χ4n) is 4.71. The van der Waals surface area contributed by atoms with Gasteiger partial charge in [0.2, 0.25) is 0 Å². The number of carbonyl (C=O) groups excluding carboxylic acids is 1. The molecule has 3 aromatic heterocycles. The summed E-state index contributed by atoms with van der Waals surface area (Å²) in [5, 5.41) is 16.5. The Balaban J connectivity index is 1.29. The van der Waals surface area contributed by atoms with Crippen LogP contribution in [0.15, 0.2) is 24.4 Å². The molecule has 0 aromatic carbocycles. The predicted octanol–water partition coefficient (Wildman–Crippen LogP) is 3.84. The molecule has 3 atom stereocenters. The number of nitrogens with one attached hydrogen (secondary N) is 2. The predicted molar refractivity (Wildman–Crippen MR) is 118 cm³/mol. The van der Waals surface area contributed by atoms with E-state index in [0.29, 0.717) is 24.2 Å². The second-order valence-electron chi connectivity index (χ2n) is 8.28. The van der Waals surface area contributed by atoms with Crippen molar-refractivity contribution in [2.75, 3.05) is 11.9 Å². The second-order valence-corrected chi connectivity index (χ2v) is 9.46. The van der Waals surface area contributed by atoms with E-state index in [9.17, 15) is 13.6 Å². The average Bonchev–Trinajstić information content (AvgIpc) is 3.32. The van der Waals surface area contributed by atoms with E-state index in [4.69, 9.17) is 0 Å². The molecule has 0 saturated carbocycles. The van der Waals surface area contributed by atoms with Crippen LogP contribution in [0.1, 0.15) is 30.7 Å². The molecular weight excluding hydrogens is 436 g/mol. The van der Waals surface area contributed by atoms with Gasteiger partial charge in [0.15, 0.2) is 5.01 Å². The van der Waals surface area contributed by atoms with E-state index in [0.717, 1.165) is 33.9 Å². The van der Waals surface area contributed by atoms with Crippen LogP contribution in [0, 0.1) is 6.92 Å². The Kier molecular flexibility index (Phi) is 5.68. The fraction of sp³-hybridized carbons (Fsp3) is 0.476. The summed E-state index contributed by atoms with van der Waals surface area (Å²) in [5.41, 5.74) is 1.43. The van der Waals surface area contributed by atoms with E-state index < -0.39 is 6.43 Å². The molecule has 32 heavy (non-hydrogen) atoms. The van der Waals surface area contributed by atoms with Gasteiger partial charge in [0.1, 0.15) is 16.5 Å². The van der Waals surface area contributed by atoms with E-state index in [1.807, 2.05) is 24.0 Å². The van der Waals surface area contributed by atoms with Gasteiger partial charge in [0, 0.05) is 35.8 Å². The molecule has 2 amide bonds. The number of aromatic nitrogens is 4. The van der Waals surface area contributed by atoms with Gasteiger partial charge in [0.25, 0.3) is 6.43 Å². The van der Waals surface area contributed by atoms with Crippen LogP contribution in [-0.2, 0) is 0 Å². The number of nitrogens with zero attached hydrogens (tertiary/aromatic N) is 5. The smallest absolute Gasteiger partial charge is 0.318 e. The summed E-state index contributed by atoms with van der Waals surface area (Å²) in [6.07, 6.45) is 2.48. The Morgan fingerprint density at radius 1 is 1.25 bits per heavy atom. The van der Waals surface area contributed by atoms with Crippen molar-refractivity contribution in [2.45, 2.75) is 57.2 Å². The summed E-state index contributed by atoms with van der Waals surface area (Å²) >= 11 is 1.47. The number of rotatable bonds is 5. The Morgan fingerprint density at radius 3 is 2.72 bits per heavy atom. The molecule has 0 radical (unpaired) electrons. The largest absolute Gasteiger partial charge is 0.323 e. The molecule has 2 bridgehead atoms. The molecule has 2 saturated heterocycles. The van der Waals surface area contributed by atoms with Crippen LogP contribution in [0.3, 0.4) is 0 Å². The highest BCUT2D eigenvalue weighted by molar-refractivity contribution is 7.14. The zero-order valence-corrected chi connectivity index (χ0v) is 18.3. The first-order valence-corrected chi connectivity index (χ1v) is 11.5. The number of pyridine rings is 2. The lowest BCUT2D eigenvalue weighted by Gasteiger charge is -2.39. The number of amides is 2. The Bertz CT molecular complexity index is 1130. The number of urea groups is 1. The minimum atomic E-state index is -2.36. The Labute approximate surface area is 187 Å². The number of halogens is 2. The third-order valence-electron chi connectivity index (χ3n) is 6.08. The molecule has 5 rings (SSSR count). The van der Waals surface area contributed by atoms with Gasteiger partial charge in [-0.2, -0.15) is 0 Å². The zero-order valence-electron chi connectivity index (χ0n) is 17.5. The van der Waals surface area contributed by atoms with Crippen LogP contribution in [0.4, 0.5) is 19.4 Å². The molecular formula is C21H23F2N7OS. The molecule has 8 nitrogen and oxygen atoms in total. The van der Waals surface area contributed by atoms with E-state index in [1.165, 1.54) is 11.3 Å². The molecule has 168 valence electrons.